The van der Waals surface area contributed by atoms with Gasteiger partial charge in [-0.1, -0.05) is 6.07 Å². The fourth-order valence-corrected chi connectivity index (χ4v) is 1.91. The average molecular weight is 315 g/mol. The molecule has 7 nitrogen and oxygen atoms in total. The van der Waals surface area contributed by atoms with Crippen molar-refractivity contribution in [3.8, 4) is 11.5 Å². The molecular weight excluding hydrogens is 294 g/mol. The number of hydrogen-bond acceptors (Lipinski definition) is 7. The highest BCUT2D eigenvalue weighted by Crippen LogP contribution is 2.24. The second kappa shape index (κ2) is 6.51. The second-order valence-corrected chi connectivity index (χ2v) is 5.97. The first-order valence-corrected chi connectivity index (χ1v) is 7.09. The lowest BCUT2D eigenvalue weighted by Crippen LogP contribution is -2.29. The van der Waals surface area contributed by atoms with Crippen molar-refractivity contribution >= 4 is 17.5 Å². The molecule has 2 rings (SSSR count). The Kier molecular flexibility index (Phi) is 4.68. The molecule has 122 valence electrons. The van der Waals surface area contributed by atoms with E-state index >= 15 is 0 Å². The Balaban J connectivity index is 2.31. The lowest BCUT2D eigenvalue weighted by molar-refractivity contribution is 0.412. The molecule has 2 aromatic rings. The van der Waals surface area contributed by atoms with E-state index in [9.17, 15) is 0 Å². The zero-order chi connectivity index (χ0) is 17.0. The zero-order valence-electron chi connectivity index (χ0n) is 13.7. The van der Waals surface area contributed by atoms with Crippen LogP contribution in [-0.2, 0) is 0 Å². The highest BCUT2D eigenvalue weighted by Gasteiger charge is 2.20. The van der Waals surface area contributed by atoms with Crippen LogP contribution in [0.15, 0.2) is 30.6 Å². The normalized spacial score (nSPS) is 11.0. The van der Waals surface area contributed by atoms with Crippen molar-refractivity contribution in [1.29, 1.82) is 5.41 Å². The molecule has 0 amide bonds. The van der Waals surface area contributed by atoms with E-state index in [0.717, 1.165) is 0 Å². The number of methoxy groups -OCH3 is 1. The van der Waals surface area contributed by atoms with Crippen LogP contribution < -0.4 is 20.5 Å². The summed E-state index contributed by atoms with van der Waals surface area (Å²) in [6, 6.07) is 6.99. The lowest BCUT2D eigenvalue weighted by Gasteiger charge is -2.23. The van der Waals surface area contributed by atoms with Crippen LogP contribution in [0.25, 0.3) is 0 Å². The van der Waals surface area contributed by atoms with Crippen LogP contribution in [0.1, 0.15) is 26.3 Å². The molecule has 0 atom stereocenters. The van der Waals surface area contributed by atoms with Crippen molar-refractivity contribution < 1.29 is 9.47 Å². The number of nitrogens with zero attached hydrogens (tertiary/aromatic N) is 2. The second-order valence-electron chi connectivity index (χ2n) is 5.97. The molecule has 0 bridgehead atoms. The maximum atomic E-state index is 8.22. The van der Waals surface area contributed by atoms with E-state index in [2.05, 4.69) is 15.3 Å². The summed E-state index contributed by atoms with van der Waals surface area (Å²) in [4.78, 5) is 8.12. The van der Waals surface area contributed by atoms with Gasteiger partial charge in [-0.25, -0.2) is 9.97 Å². The number of nitrogen functional groups attached to an aromatic ring is 1. The molecule has 1 aromatic heterocycles. The number of nitrogens with two attached hydrogens (primary N) is 1. The number of hydrogen-bond donors (Lipinski definition) is 3. The molecule has 1 aromatic carbocycles. The molecule has 0 fully saturated rings. The molecule has 0 aliphatic heterocycles. The zero-order valence-corrected chi connectivity index (χ0v) is 13.7. The summed E-state index contributed by atoms with van der Waals surface area (Å²) >= 11 is 0. The summed E-state index contributed by atoms with van der Waals surface area (Å²) < 4.78 is 10.7. The molecule has 0 aliphatic carbocycles. The lowest BCUT2D eigenvalue weighted by atomic mass is 10.1. The molecule has 7 heteroatoms. The SMILES string of the molecule is COc1cccc(OC(=N)c2c(N)ncnc2NC(C)(C)C)c1. The van der Waals surface area contributed by atoms with Crippen LogP contribution in [0.2, 0.25) is 0 Å². The standard InChI is InChI=1S/C16H21N5O2/c1-16(2,3)21-15-12(13(17)19-9-20-15)14(18)23-11-7-5-6-10(8-11)22-4/h5-9,18H,1-4H3,(H3,17,19,20,21). The van der Waals surface area contributed by atoms with Gasteiger partial charge in [-0.3, -0.25) is 5.41 Å². The summed E-state index contributed by atoms with van der Waals surface area (Å²) in [6.07, 6.45) is 1.35. The Morgan fingerprint density at radius 1 is 1.22 bits per heavy atom. The van der Waals surface area contributed by atoms with Crippen molar-refractivity contribution in [3.63, 3.8) is 0 Å². The molecular formula is C16H21N5O2. The third-order valence-electron chi connectivity index (χ3n) is 2.86. The molecule has 0 aliphatic rings. The van der Waals surface area contributed by atoms with Gasteiger partial charge < -0.3 is 20.5 Å². The largest absolute Gasteiger partial charge is 0.497 e. The molecule has 1 heterocycles. The van der Waals surface area contributed by atoms with Gasteiger partial charge in [0.2, 0.25) is 5.90 Å². The molecule has 0 unspecified atom stereocenters. The minimum absolute atomic E-state index is 0.136. The highest BCUT2D eigenvalue weighted by molar-refractivity contribution is 6.02. The Labute approximate surface area is 135 Å². The molecule has 0 saturated heterocycles. The Bertz CT molecular complexity index is 710. The first kappa shape index (κ1) is 16.5. The monoisotopic (exact) mass is 315 g/mol. The van der Waals surface area contributed by atoms with Gasteiger partial charge in [-0.2, -0.15) is 0 Å². The van der Waals surface area contributed by atoms with E-state index in [1.807, 2.05) is 20.8 Å². The Hall–Kier alpha value is -2.83. The summed E-state index contributed by atoms with van der Waals surface area (Å²) in [7, 11) is 1.57. The van der Waals surface area contributed by atoms with Crippen LogP contribution in [0.4, 0.5) is 11.6 Å². The van der Waals surface area contributed by atoms with E-state index in [1.54, 1.807) is 31.4 Å². The van der Waals surface area contributed by atoms with Gasteiger partial charge in [-0.05, 0) is 32.9 Å². The van der Waals surface area contributed by atoms with Crippen molar-refractivity contribution in [2.24, 2.45) is 0 Å². The fraction of sp³-hybridized carbons (Fsp3) is 0.312. The quantitative estimate of drug-likeness (QED) is 0.591. The van der Waals surface area contributed by atoms with E-state index in [4.69, 9.17) is 20.6 Å². The van der Waals surface area contributed by atoms with E-state index in [1.165, 1.54) is 6.33 Å². The van der Waals surface area contributed by atoms with Gasteiger partial charge in [0, 0.05) is 11.6 Å². The van der Waals surface area contributed by atoms with Crippen molar-refractivity contribution in [2.45, 2.75) is 26.3 Å². The molecule has 0 radical (unpaired) electrons. The van der Waals surface area contributed by atoms with E-state index in [-0.39, 0.29) is 17.3 Å². The number of ether oxygens (including phenoxy) is 2. The first-order chi connectivity index (χ1) is 10.8. The van der Waals surface area contributed by atoms with Crippen molar-refractivity contribution in [3.05, 3.63) is 36.2 Å². The summed E-state index contributed by atoms with van der Waals surface area (Å²) in [5.74, 6) is 1.61. The average Bonchev–Trinajstić information content (AvgIpc) is 2.45. The number of benzene rings is 1. The highest BCUT2D eigenvalue weighted by atomic mass is 16.5. The van der Waals surface area contributed by atoms with Gasteiger partial charge in [0.1, 0.15) is 35.0 Å². The third-order valence-corrected chi connectivity index (χ3v) is 2.86. The van der Waals surface area contributed by atoms with E-state index in [0.29, 0.717) is 22.9 Å². The predicted molar refractivity (Wildman–Crippen MR) is 90.3 cm³/mol. The number of aromatic nitrogens is 2. The summed E-state index contributed by atoms with van der Waals surface area (Å²) in [5.41, 5.74) is 5.99. The maximum Gasteiger partial charge on any atom is 0.226 e. The van der Waals surface area contributed by atoms with Crippen LogP contribution >= 0.6 is 0 Å². The van der Waals surface area contributed by atoms with Crippen LogP contribution in [0, 0.1) is 5.41 Å². The van der Waals surface area contributed by atoms with Crippen molar-refractivity contribution in [1.82, 2.24) is 9.97 Å². The predicted octanol–water partition coefficient (Wildman–Crippen LogP) is 2.68. The van der Waals surface area contributed by atoms with Gasteiger partial charge >= 0.3 is 0 Å². The summed E-state index contributed by atoms with van der Waals surface area (Å²) in [6.45, 7) is 5.96. The van der Waals surface area contributed by atoms with Crippen LogP contribution in [0.3, 0.4) is 0 Å². The van der Waals surface area contributed by atoms with Gasteiger partial charge in [0.25, 0.3) is 0 Å². The molecule has 0 saturated carbocycles. The third kappa shape index (κ3) is 4.32. The fourth-order valence-electron chi connectivity index (χ4n) is 1.91. The van der Waals surface area contributed by atoms with Gasteiger partial charge in [-0.15, -0.1) is 0 Å². The number of rotatable bonds is 4. The van der Waals surface area contributed by atoms with Crippen LogP contribution in [0.5, 0.6) is 11.5 Å². The maximum absolute atomic E-state index is 8.22. The molecule has 0 spiro atoms. The topological polar surface area (TPSA) is 106 Å². The minimum Gasteiger partial charge on any atom is -0.497 e. The molecule has 4 N–H and O–H groups in total. The first-order valence-electron chi connectivity index (χ1n) is 7.09. The van der Waals surface area contributed by atoms with Gasteiger partial charge in [0.05, 0.1) is 7.11 Å². The van der Waals surface area contributed by atoms with Gasteiger partial charge in [0.15, 0.2) is 0 Å². The van der Waals surface area contributed by atoms with Crippen LogP contribution in [-0.4, -0.2) is 28.5 Å². The number of anilines is 2. The Morgan fingerprint density at radius 3 is 2.57 bits per heavy atom. The minimum atomic E-state index is -0.244. The summed E-state index contributed by atoms with van der Waals surface area (Å²) in [5, 5.41) is 11.4. The molecule has 23 heavy (non-hydrogen) atoms. The smallest absolute Gasteiger partial charge is 0.226 e. The Morgan fingerprint density at radius 2 is 1.91 bits per heavy atom. The van der Waals surface area contributed by atoms with Crippen molar-refractivity contribution in [2.75, 3.05) is 18.2 Å². The number of nitrogens with one attached hydrogen (secondary N) is 2. The van der Waals surface area contributed by atoms with E-state index < -0.39 is 0 Å².